The van der Waals surface area contributed by atoms with Crippen molar-refractivity contribution in [3.05, 3.63) is 35.9 Å². The third-order valence-electron chi connectivity index (χ3n) is 2.11. The smallest absolute Gasteiger partial charge is 0.0837 e. The zero-order chi connectivity index (χ0) is 9.68. The Balaban J connectivity index is 2.62. The average Bonchev–Trinajstić information content (AvgIpc) is 2.18. The first-order valence-corrected chi connectivity index (χ1v) is 4.47. The maximum Gasteiger partial charge on any atom is 0.0837 e. The van der Waals surface area contributed by atoms with Crippen LogP contribution in [-0.2, 0) is 4.74 Å². The lowest BCUT2D eigenvalue weighted by molar-refractivity contribution is 0.0567. The summed E-state index contributed by atoms with van der Waals surface area (Å²) in [5, 5.41) is 9.84. The summed E-state index contributed by atoms with van der Waals surface area (Å²) in [6.07, 6.45) is -0.429. The fraction of sp³-hybridized carbons (Fsp3) is 0.455. The van der Waals surface area contributed by atoms with E-state index in [0.717, 1.165) is 5.56 Å². The van der Waals surface area contributed by atoms with Gasteiger partial charge in [0.05, 0.1) is 12.7 Å². The van der Waals surface area contributed by atoms with Crippen molar-refractivity contribution in [2.75, 3.05) is 13.7 Å². The van der Waals surface area contributed by atoms with Gasteiger partial charge in [0.2, 0.25) is 0 Å². The molecule has 1 rings (SSSR count). The normalized spacial score (nSPS) is 15.3. The van der Waals surface area contributed by atoms with Crippen LogP contribution >= 0.6 is 0 Å². The molecule has 0 amide bonds. The molecule has 0 saturated carbocycles. The average molecular weight is 180 g/mol. The minimum atomic E-state index is -0.429. The SMILES string of the molecule is COCC(C)C(O)c1ccccc1. The van der Waals surface area contributed by atoms with E-state index in [1.807, 2.05) is 37.3 Å². The van der Waals surface area contributed by atoms with Crippen LogP contribution in [0.2, 0.25) is 0 Å². The van der Waals surface area contributed by atoms with E-state index in [-0.39, 0.29) is 5.92 Å². The van der Waals surface area contributed by atoms with E-state index < -0.39 is 6.10 Å². The van der Waals surface area contributed by atoms with Crippen molar-refractivity contribution in [2.45, 2.75) is 13.0 Å². The molecule has 0 spiro atoms. The molecule has 0 bridgehead atoms. The Hall–Kier alpha value is -0.860. The third kappa shape index (κ3) is 2.83. The monoisotopic (exact) mass is 180 g/mol. The first-order valence-electron chi connectivity index (χ1n) is 4.47. The number of hydrogen-bond donors (Lipinski definition) is 1. The molecule has 2 unspecified atom stereocenters. The summed E-state index contributed by atoms with van der Waals surface area (Å²) in [7, 11) is 1.65. The molecule has 0 heterocycles. The standard InChI is InChI=1S/C11H16O2/c1-9(8-13-2)11(12)10-6-4-3-5-7-10/h3-7,9,11-12H,8H2,1-2H3. The Kier molecular flexibility index (Phi) is 3.93. The number of methoxy groups -OCH3 is 1. The lowest BCUT2D eigenvalue weighted by atomic mass is 9.98. The summed E-state index contributed by atoms with van der Waals surface area (Å²) in [6.45, 7) is 2.55. The fourth-order valence-corrected chi connectivity index (χ4v) is 1.33. The number of hydrogen-bond acceptors (Lipinski definition) is 2. The van der Waals surface area contributed by atoms with Gasteiger partial charge in [0, 0.05) is 13.0 Å². The maximum atomic E-state index is 9.84. The van der Waals surface area contributed by atoms with Gasteiger partial charge in [-0.3, -0.25) is 0 Å². The molecule has 0 aliphatic rings. The van der Waals surface area contributed by atoms with E-state index in [2.05, 4.69) is 0 Å². The van der Waals surface area contributed by atoms with Gasteiger partial charge >= 0.3 is 0 Å². The van der Waals surface area contributed by atoms with Crippen molar-refractivity contribution in [1.82, 2.24) is 0 Å². The van der Waals surface area contributed by atoms with E-state index in [9.17, 15) is 5.11 Å². The van der Waals surface area contributed by atoms with Gasteiger partial charge in [-0.05, 0) is 5.56 Å². The van der Waals surface area contributed by atoms with Gasteiger partial charge in [-0.1, -0.05) is 37.3 Å². The Morgan fingerprint density at radius 1 is 1.31 bits per heavy atom. The van der Waals surface area contributed by atoms with Crippen LogP contribution in [0.5, 0.6) is 0 Å². The topological polar surface area (TPSA) is 29.5 Å². The minimum absolute atomic E-state index is 0.132. The second kappa shape index (κ2) is 5.00. The van der Waals surface area contributed by atoms with Crippen molar-refractivity contribution in [2.24, 2.45) is 5.92 Å². The van der Waals surface area contributed by atoms with Crippen LogP contribution < -0.4 is 0 Å². The molecular formula is C11H16O2. The van der Waals surface area contributed by atoms with Gasteiger partial charge in [-0.2, -0.15) is 0 Å². The van der Waals surface area contributed by atoms with E-state index in [0.29, 0.717) is 6.61 Å². The summed E-state index contributed by atoms with van der Waals surface area (Å²) < 4.78 is 4.99. The molecule has 2 nitrogen and oxygen atoms in total. The van der Waals surface area contributed by atoms with Crippen LogP contribution in [0.3, 0.4) is 0 Å². The van der Waals surface area contributed by atoms with Crippen LogP contribution in [0.25, 0.3) is 0 Å². The van der Waals surface area contributed by atoms with Gasteiger partial charge in [-0.25, -0.2) is 0 Å². The molecule has 0 aromatic heterocycles. The molecule has 2 atom stereocenters. The Labute approximate surface area is 79.2 Å². The molecule has 1 aromatic rings. The highest BCUT2D eigenvalue weighted by molar-refractivity contribution is 5.17. The van der Waals surface area contributed by atoms with E-state index in [1.165, 1.54) is 0 Å². The lowest BCUT2D eigenvalue weighted by Crippen LogP contribution is -2.14. The van der Waals surface area contributed by atoms with Crippen LogP contribution in [0.15, 0.2) is 30.3 Å². The molecule has 0 aliphatic heterocycles. The molecule has 0 aliphatic carbocycles. The Morgan fingerprint density at radius 3 is 2.46 bits per heavy atom. The van der Waals surface area contributed by atoms with Gasteiger partial charge in [0.15, 0.2) is 0 Å². The molecule has 2 heteroatoms. The molecule has 13 heavy (non-hydrogen) atoms. The maximum absolute atomic E-state index is 9.84. The van der Waals surface area contributed by atoms with Gasteiger partial charge in [0.1, 0.15) is 0 Å². The highest BCUT2D eigenvalue weighted by Crippen LogP contribution is 2.21. The van der Waals surface area contributed by atoms with E-state index in [4.69, 9.17) is 4.74 Å². The van der Waals surface area contributed by atoms with Crippen LogP contribution in [0.1, 0.15) is 18.6 Å². The summed E-state index contributed by atoms with van der Waals surface area (Å²) in [6, 6.07) is 9.65. The van der Waals surface area contributed by atoms with Crippen molar-refractivity contribution in [3.63, 3.8) is 0 Å². The second-order valence-corrected chi connectivity index (χ2v) is 3.29. The Bertz CT molecular complexity index is 233. The lowest BCUT2D eigenvalue weighted by Gasteiger charge is -2.17. The van der Waals surface area contributed by atoms with Crippen molar-refractivity contribution in [3.8, 4) is 0 Å². The summed E-state index contributed by atoms with van der Waals surface area (Å²) in [5.41, 5.74) is 0.951. The van der Waals surface area contributed by atoms with Crippen molar-refractivity contribution in [1.29, 1.82) is 0 Å². The molecule has 1 aromatic carbocycles. The van der Waals surface area contributed by atoms with Crippen LogP contribution in [0.4, 0.5) is 0 Å². The first kappa shape index (κ1) is 10.2. The second-order valence-electron chi connectivity index (χ2n) is 3.29. The molecule has 0 fully saturated rings. The highest BCUT2D eigenvalue weighted by Gasteiger charge is 2.15. The molecule has 1 N–H and O–H groups in total. The Morgan fingerprint density at radius 2 is 1.92 bits per heavy atom. The first-order chi connectivity index (χ1) is 6.25. The van der Waals surface area contributed by atoms with Gasteiger partial charge in [0.25, 0.3) is 0 Å². The number of aliphatic hydroxyl groups is 1. The summed E-state index contributed by atoms with van der Waals surface area (Å²) >= 11 is 0. The number of aliphatic hydroxyl groups excluding tert-OH is 1. The number of rotatable bonds is 4. The van der Waals surface area contributed by atoms with Gasteiger partial charge in [-0.15, -0.1) is 0 Å². The number of benzene rings is 1. The molecule has 0 radical (unpaired) electrons. The predicted molar refractivity (Wildman–Crippen MR) is 52.4 cm³/mol. The van der Waals surface area contributed by atoms with E-state index in [1.54, 1.807) is 7.11 Å². The minimum Gasteiger partial charge on any atom is -0.388 e. The quantitative estimate of drug-likeness (QED) is 0.768. The zero-order valence-corrected chi connectivity index (χ0v) is 8.10. The van der Waals surface area contributed by atoms with Gasteiger partial charge < -0.3 is 9.84 Å². The molecule has 72 valence electrons. The molecular weight excluding hydrogens is 164 g/mol. The third-order valence-corrected chi connectivity index (χ3v) is 2.11. The number of ether oxygens (including phenoxy) is 1. The summed E-state index contributed by atoms with van der Waals surface area (Å²) in [5.74, 6) is 0.132. The van der Waals surface area contributed by atoms with Crippen molar-refractivity contribution >= 4 is 0 Å². The van der Waals surface area contributed by atoms with Crippen molar-refractivity contribution < 1.29 is 9.84 Å². The fourth-order valence-electron chi connectivity index (χ4n) is 1.33. The zero-order valence-electron chi connectivity index (χ0n) is 8.10. The van der Waals surface area contributed by atoms with E-state index >= 15 is 0 Å². The summed E-state index contributed by atoms with van der Waals surface area (Å²) in [4.78, 5) is 0. The highest BCUT2D eigenvalue weighted by atomic mass is 16.5. The van der Waals surface area contributed by atoms with Crippen LogP contribution in [-0.4, -0.2) is 18.8 Å². The largest absolute Gasteiger partial charge is 0.388 e. The molecule has 0 saturated heterocycles. The van der Waals surface area contributed by atoms with Crippen LogP contribution in [0, 0.1) is 5.92 Å². The predicted octanol–water partition coefficient (Wildman–Crippen LogP) is 2.00.